The van der Waals surface area contributed by atoms with Crippen molar-refractivity contribution in [2.45, 2.75) is 32.4 Å². The fourth-order valence-electron chi connectivity index (χ4n) is 3.94. The molecule has 3 aromatic carbocycles. The number of benzene rings is 3. The average molecular weight is 495 g/mol. The Balaban J connectivity index is 1.71. The summed E-state index contributed by atoms with van der Waals surface area (Å²) in [6, 6.07) is 22.5. The van der Waals surface area contributed by atoms with Crippen LogP contribution in [-0.4, -0.2) is 29.6 Å². The van der Waals surface area contributed by atoms with E-state index in [0.29, 0.717) is 22.5 Å². The van der Waals surface area contributed by atoms with Crippen LogP contribution in [0.5, 0.6) is 0 Å². The standard InChI is InChI=1S/C30H30N4O3/c1-19(18-35)32-26(36)16-10-20-9-15-24-25(17-20)34-29(37)27(24)28(21-7-5-4-6-8-21)33-23-13-11-22(12-14-23)30(2,3)31/h4-9,11-15,17,19,33,35H,18,31H2,1-3H3,(H,32,36)(H,34,37)/b28-27+/t19-/m0/s1. The lowest BCUT2D eigenvalue weighted by molar-refractivity contribution is -0.116. The van der Waals surface area contributed by atoms with E-state index in [0.717, 1.165) is 22.4 Å². The number of hydrogen-bond donors (Lipinski definition) is 5. The van der Waals surface area contributed by atoms with E-state index < -0.39 is 11.4 Å². The maximum Gasteiger partial charge on any atom is 0.296 e. The van der Waals surface area contributed by atoms with E-state index in [1.54, 1.807) is 19.1 Å². The lowest BCUT2D eigenvalue weighted by atomic mass is 9.95. The molecule has 3 aromatic rings. The van der Waals surface area contributed by atoms with E-state index >= 15 is 0 Å². The van der Waals surface area contributed by atoms with Crippen LogP contribution in [0, 0.1) is 11.8 Å². The molecule has 0 unspecified atom stereocenters. The number of nitrogens with two attached hydrogens (primary N) is 1. The van der Waals surface area contributed by atoms with Gasteiger partial charge in [0.1, 0.15) is 0 Å². The minimum absolute atomic E-state index is 0.166. The van der Waals surface area contributed by atoms with Crippen molar-refractivity contribution in [3.8, 4) is 11.8 Å². The quantitative estimate of drug-likeness (QED) is 0.265. The zero-order valence-electron chi connectivity index (χ0n) is 21.1. The number of carbonyl (C=O) groups is 2. The molecule has 0 aromatic heterocycles. The predicted octanol–water partition coefficient (Wildman–Crippen LogP) is 3.66. The number of carbonyl (C=O) groups excluding carboxylic acids is 2. The van der Waals surface area contributed by atoms with Crippen molar-refractivity contribution in [2.24, 2.45) is 5.73 Å². The Morgan fingerprint density at radius 2 is 1.78 bits per heavy atom. The van der Waals surface area contributed by atoms with Crippen LogP contribution >= 0.6 is 0 Å². The van der Waals surface area contributed by atoms with Gasteiger partial charge in [-0.25, -0.2) is 0 Å². The van der Waals surface area contributed by atoms with Crippen molar-refractivity contribution in [3.63, 3.8) is 0 Å². The third-order valence-electron chi connectivity index (χ3n) is 5.95. The monoisotopic (exact) mass is 494 g/mol. The second kappa shape index (κ2) is 10.7. The molecule has 0 bridgehead atoms. The second-order valence-corrected chi connectivity index (χ2v) is 9.56. The zero-order valence-corrected chi connectivity index (χ0v) is 21.1. The largest absolute Gasteiger partial charge is 0.394 e. The number of aliphatic hydroxyl groups excluding tert-OH is 1. The summed E-state index contributed by atoms with van der Waals surface area (Å²) >= 11 is 0. The molecule has 1 aliphatic heterocycles. The third kappa shape index (κ3) is 6.07. The average Bonchev–Trinajstić information content (AvgIpc) is 3.20. The summed E-state index contributed by atoms with van der Waals surface area (Å²) in [5.74, 6) is 4.62. The van der Waals surface area contributed by atoms with Crippen molar-refractivity contribution in [1.82, 2.24) is 5.32 Å². The van der Waals surface area contributed by atoms with E-state index in [1.165, 1.54) is 0 Å². The molecule has 6 N–H and O–H groups in total. The van der Waals surface area contributed by atoms with Crippen molar-refractivity contribution in [2.75, 3.05) is 17.2 Å². The minimum Gasteiger partial charge on any atom is -0.394 e. The molecule has 188 valence electrons. The van der Waals surface area contributed by atoms with Gasteiger partial charge in [-0.1, -0.05) is 54.5 Å². The lowest BCUT2D eigenvalue weighted by Crippen LogP contribution is -2.33. The molecule has 0 saturated heterocycles. The third-order valence-corrected chi connectivity index (χ3v) is 5.95. The zero-order chi connectivity index (χ0) is 26.6. The molecule has 0 fully saturated rings. The van der Waals surface area contributed by atoms with Crippen LogP contribution in [0.4, 0.5) is 11.4 Å². The summed E-state index contributed by atoms with van der Waals surface area (Å²) in [7, 11) is 0. The first-order valence-electron chi connectivity index (χ1n) is 12.0. The first kappa shape index (κ1) is 25.7. The Bertz CT molecular complexity index is 1410. The van der Waals surface area contributed by atoms with Crippen LogP contribution in [0.1, 0.15) is 43.0 Å². The van der Waals surface area contributed by atoms with Crippen LogP contribution in [0.2, 0.25) is 0 Å². The van der Waals surface area contributed by atoms with E-state index in [2.05, 4.69) is 27.8 Å². The Labute approximate surface area is 216 Å². The fourth-order valence-corrected chi connectivity index (χ4v) is 3.94. The van der Waals surface area contributed by atoms with Crippen LogP contribution in [0.15, 0.2) is 72.8 Å². The molecule has 7 nitrogen and oxygen atoms in total. The summed E-state index contributed by atoms with van der Waals surface area (Å²) < 4.78 is 0. The van der Waals surface area contributed by atoms with Gasteiger partial charge >= 0.3 is 0 Å². The molecule has 4 rings (SSSR count). The summed E-state index contributed by atoms with van der Waals surface area (Å²) in [6.45, 7) is 5.42. The van der Waals surface area contributed by atoms with Gasteiger partial charge in [-0.2, -0.15) is 0 Å². The number of fused-ring (bicyclic) bond motifs is 1. The Kier molecular flexibility index (Phi) is 7.44. The number of nitrogens with one attached hydrogen (secondary N) is 3. The van der Waals surface area contributed by atoms with E-state index in [9.17, 15) is 9.59 Å². The van der Waals surface area contributed by atoms with E-state index in [1.807, 2.05) is 74.5 Å². The molecule has 1 aliphatic rings. The van der Waals surface area contributed by atoms with Gasteiger partial charge in [0.25, 0.3) is 11.8 Å². The molecule has 37 heavy (non-hydrogen) atoms. The van der Waals surface area contributed by atoms with Crippen molar-refractivity contribution in [1.29, 1.82) is 0 Å². The van der Waals surface area contributed by atoms with Gasteiger partial charge in [-0.05, 0) is 56.2 Å². The lowest BCUT2D eigenvalue weighted by Gasteiger charge is -2.20. The highest BCUT2D eigenvalue weighted by atomic mass is 16.3. The Hall–Kier alpha value is -4.38. The highest BCUT2D eigenvalue weighted by Crippen LogP contribution is 2.38. The van der Waals surface area contributed by atoms with Crippen molar-refractivity contribution >= 4 is 34.5 Å². The maximum atomic E-state index is 13.2. The Morgan fingerprint density at radius 3 is 2.43 bits per heavy atom. The highest BCUT2D eigenvalue weighted by Gasteiger charge is 2.28. The van der Waals surface area contributed by atoms with Crippen LogP contribution in [-0.2, 0) is 15.1 Å². The minimum atomic E-state index is -0.480. The van der Waals surface area contributed by atoms with Crippen LogP contribution in [0.25, 0.3) is 11.3 Å². The first-order valence-corrected chi connectivity index (χ1v) is 12.0. The second-order valence-electron chi connectivity index (χ2n) is 9.56. The maximum absolute atomic E-state index is 13.2. The van der Waals surface area contributed by atoms with Gasteiger partial charge in [-0.15, -0.1) is 0 Å². The number of rotatable bonds is 6. The molecule has 1 atom stereocenters. The number of anilines is 2. The normalized spacial score (nSPS) is 14.6. The molecule has 7 heteroatoms. The molecule has 0 spiro atoms. The summed E-state index contributed by atoms with van der Waals surface area (Å²) in [6.07, 6.45) is 0. The first-order chi connectivity index (χ1) is 17.7. The molecule has 0 radical (unpaired) electrons. The molecule has 2 amide bonds. The van der Waals surface area contributed by atoms with E-state index in [4.69, 9.17) is 10.8 Å². The highest BCUT2D eigenvalue weighted by molar-refractivity contribution is 6.37. The van der Waals surface area contributed by atoms with Crippen LogP contribution < -0.4 is 21.7 Å². The Morgan fingerprint density at radius 1 is 1.08 bits per heavy atom. The summed E-state index contributed by atoms with van der Waals surface area (Å²) in [5.41, 5.74) is 11.6. The SMILES string of the molecule is C[C@@H](CO)NC(=O)C#Cc1ccc2c(c1)NC(=O)/C2=C(/Nc1ccc(C(C)(C)N)cc1)c1ccccc1. The predicted molar refractivity (Wildman–Crippen MR) is 147 cm³/mol. The summed E-state index contributed by atoms with van der Waals surface area (Å²) in [5, 5.41) is 18.0. The summed E-state index contributed by atoms with van der Waals surface area (Å²) in [4.78, 5) is 25.1. The van der Waals surface area contributed by atoms with Gasteiger partial charge in [0, 0.05) is 28.3 Å². The number of hydrogen-bond acceptors (Lipinski definition) is 5. The van der Waals surface area contributed by atoms with Gasteiger partial charge < -0.3 is 26.8 Å². The smallest absolute Gasteiger partial charge is 0.296 e. The van der Waals surface area contributed by atoms with Gasteiger partial charge in [-0.3, -0.25) is 9.59 Å². The molecular weight excluding hydrogens is 464 g/mol. The molecule has 0 saturated carbocycles. The molecule has 0 aliphatic carbocycles. The van der Waals surface area contributed by atoms with E-state index in [-0.39, 0.29) is 18.6 Å². The van der Waals surface area contributed by atoms with Crippen LogP contribution in [0.3, 0.4) is 0 Å². The topological polar surface area (TPSA) is 116 Å². The van der Waals surface area contributed by atoms with Crippen molar-refractivity contribution < 1.29 is 14.7 Å². The number of aliphatic hydroxyl groups is 1. The fraction of sp³-hybridized carbons (Fsp3) is 0.200. The van der Waals surface area contributed by atoms with Gasteiger partial charge in [0.15, 0.2) is 0 Å². The molecule has 1 heterocycles. The van der Waals surface area contributed by atoms with Gasteiger partial charge in [0.05, 0.1) is 29.6 Å². The van der Waals surface area contributed by atoms with Crippen molar-refractivity contribution in [3.05, 3.63) is 95.1 Å². The number of amides is 2. The molecular formula is C30H30N4O3. The van der Waals surface area contributed by atoms with Gasteiger partial charge in [0.2, 0.25) is 0 Å².